The maximum atomic E-state index is 5.53. The smallest absolute Gasteiger partial charge is 0.166 e. The summed E-state index contributed by atoms with van der Waals surface area (Å²) < 4.78 is 0. The zero-order valence-electron chi connectivity index (χ0n) is 15.1. The molecule has 2 N–H and O–H groups in total. The Hall–Kier alpha value is -1.91. The highest BCUT2D eigenvalue weighted by Gasteiger charge is 2.40. The Labute approximate surface area is 161 Å². The molecule has 2 bridgehead atoms. The summed E-state index contributed by atoms with van der Waals surface area (Å²) in [5.41, 5.74) is 2.69. The molecule has 26 heavy (non-hydrogen) atoms. The Bertz CT molecular complexity index is 705. The lowest BCUT2D eigenvalue weighted by atomic mass is 9.96. The fourth-order valence-electron chi connectivity index (χ4n) is 4.46. The molecule has 2 aromatic rings. The van der Waals surface area contributed by atoms with E-state index in [1.807, 2.05) is 6.07 Å². The lowest BCUT2D eigenvalue weighted by Gasteiger charge is -2.39. The number of nitrogens with one attached hydrogen (secondary N) is 2. The molecule has 2 atom stereocenters. The molecule has 2 aliphatic heterocycles. The standard InChI is InChI=1S/C22H27N3S/c26-22(23-15-17-7-3-1-4-8-17)24-19-13-20-11-12-21(14-19)25(20)16-18-9-5-2-6-10-18/h1-10,19-21H,11-16H2,(H2,23,24,26). The van der Waals surface area contributed by atoms with Crippen LogP contribution in [0.4, 0.5) is 0 Å². The van der Waals surface area contributed by atoms with Crippen molar-refractivity contribution >= 4 is 17.3 Å². The van der Waals surface area contributed by atoms with Crippen LogP contribution >= 0.6 is 12.2 Å². The van der Waals surface area contributed by atoms with Crippen molar-refractivity contribution in [2.45, 2.75) is 56.9 Å². The van der Waals surface area contributed by atoms with Gasteiger partial charge in [-0.15, -0.1) is 0 Å². The molecule has 2 saturated heterocycles. The summed E-state index contributed by atoms with van der Waals surface area (Å²) in [4.78, 5) is 2.72. The van der Waals surface area contributed by atoms with E-state index in [1.54, 1.807) is 0 Å². The summed E-state index contributed by atoms with van der Waals surface area (Å²) in [6.45, 7) is 1.87. The van der Waals surface area contributed by atoms with Gasteiger partial charge < -0.3 is 10.6 Å². The fraction of sp³-hybridized carbons (Fsp3) is 0.409. The van der Waals surface area contributed by atoms with Crippen molar-refractivity contribution in [3.63, 3.8) is 0 Å². The molecule has 0 spiro atoms. The molecular weight excluding hydrogens is 338 g/mol. The molecule has 3 nitrogen and oxygen atoms in total. The molecule has 0 amide bonds. The third kappa shape index (κ3) is 4.25. The highest BCUT2D eigenvalue weighted by atomic mass is 32.1. The molecule has 0 aliphatic carbocycles. The summed E-state index contributed by atoms with van der Waals surface area (Å²) in [5, 5.41) is 7.71. The van der Waals surface area contributed by atoms with E-state index in [2.05, 4.69) is 70.1 Å². The predicted molar refractivity (Wildman–Crippen MR) is 111 cm³/mol. The van der Waals surface area contributed by atoms with Crippen LogP contribution in [0, 0.1) is 0 Å². The Morgan fingerprint density at radius 3 is 2.08 bits per heavy atom. The van der Waals surface area contributed by atoms with Crippen LogP contribution < -0.4 is 10.6 Å². The van der Waals surface area contributed by atoms with Gasteiger partial charge in [0.1, 0.15) is 0 Å². The van der Waals surface area contributed by atoms with Gasteiger partial charge in [0.25, 0.3) is 0 Å². The Kier molecular flexibility index (Phi) is 5.51. The van der Waals surface area contributed by atoms with Crippen molar-refractivity contribution in [2.75, 3.05) is 0 Å². The number of fused-ring (bicyclic) bond motifs is 2. The van der Waals surface area contributed by atoms with Gasteiger partial charge in [-0.05, 0) is 49.0 Å². The third-order valence-corrected chi connectivity index (χ3v) is 5.99. The first-order chi connectivity index (χ1) is 12.8. The minimum Gasteiger partial charge on any atom is -0.360 e. The Morgan fingerprint density at radius 2 is 1.46 bits per heavy atom. The molecule has 2 aliphatic rings. The van der Waals surface area contributed by atoms with Crippen molar-refractivity contribution in [1.29, 1.82) is 0 Å². The second kappa shape index (κ2) is 8.19. The molecule has 0 radical (unpaired) electrons. The minimum absolute atomic E-state index is 0.496. The average molecular weight is 366 g/mol. The predicted octanol–water partition coefficient (Wildman–Crippen LogP) is 3.85. The number of thiocarbonyl (C=S) groups is 1. The number of piperidine rings is 1. The zero-order valence-corrected chi connectivity index (χ0v) is 15.9. The number of rotatable bonds is 5. The van der Waals surface area contributed by atoms with E-state index in [4.69, 9.17) is 12.2 Å². The quantitative estimate of drug-likeness (QED) is 0.787. The largest absolute Gasteiger partial charge is 0.360 e. The average Bonchev–Trinajstić information content (AvgIpc) is 2.90. The molecule has 4 heteroatoms. The fourth-order valence-corrected chi connectivity index (χ4v) is 4.70. The first kappa shape index (κ1) is 17.5. The molecule has 2 heterocycles. The summed E-state index contributed by atoms with van der Waals surface area (Å²) in [7, 11) is 0. The van der Waals surface area contributed by atoms with Gasteiger partial charge >= 0.3 is 0 Å². The molecule has 136 valence electrons. The van der Waals surface area contributed by atoms with Crippen LogP contribution in [0.5, 0.6) is 0 Å². The Morgan fingerprint density at radius 1 is 0.885 bits per heavy atom. The maximum Gasteiger partial charge on any atom is 0.166 e. The lowest BCUT2D eigenvalue weighted by Crippen LogP contribution is -2.51. The van der Waals surface area contributed by atoms with Gasteiger partial charge in [0.15, 0.2) is 5.11 Å². The molecule has 2 aromatic carbocycles. The SMILES string of the molecule is S=C(NCc1ccccc1)NC1CC2CCC(C1)N2Cc1ccccc1. The van der Waals surface area contributed by atoms with Crippen LogP contribution in [0.3, 0.4) is 0 Å². The molecule has 0 saturated carbocycles. The molecular formula is C22H27N3S. The van der Waals surface area contributed by atoms with E-state index < -0.39 is 0 Å². The van der Waals surface area contributed by atoms with Gasteiger partial charge in [0.2, 0.25) is 0 Å². The van der Waals surface area contributed by atoms with E-state index >= 15 is 0 Å². The van der Waals surface area contributed by atoms with E-state index in [9.17, 15) is 0 Å². The number of nitrogens with zero attached hydrogens (tertiary/aromatic N) is 1. The van der Waals surface area contributed by atoms with E-state index in [0.717, 1.165) is 18.2 Å². The summed E-state index contributed by atoms with van der Waals surface area (Å²) in [6, 6.07) is 23.1. The van der Waals surface area contributed by atoms with Crippen LogP contribution in [0.25, 0.3) is 0 Å². The first-order valence-electron chi connectivity index (χ1n) is 9.66. The minimum atomic E-state index is 0.496. The first-order valence-corrected chi connectivity index (χ1v) is 10.1. The van der Waals surface area contributed by atoms with Gasteiger partial charge in [0.05, 0.1) is 0 Å². The molecule has 0 aromatic heterocycles. The van der Waals surface area contributed by atoms with E-state index in [0.29, 0.717) is 18.1 Å². The van der Waals surface area contributed by atoms with Gasteiger partial charge in [0, 0.05) is 31.2 Å². The number of hydrogen-bond acceptors (Lipinski definition) is 2. The van der Waals surface area contributed by atoms with E-state index in [1.165, 1.54) is 36.8 Å². The monoisotopic (exact) mass is 365 g/mol. The second-order valence-electron chi connectivity index (χ2n) is 7.52. The van der Waals surface area contributed by atoms with Crippen LogP contribution in [0.2, 0.25) is 0 Å². The number of hydrogen-bond donors (Lipinski definition) is 2. The van der Waals surface area contributed by atoms with Crippen molar-refractivity contribution in [2.24, 2.45) is 0 Å². The van der Waals surface area contributed by atoms with Gasteiger partial charge in [-0.25, -0.2) is 0 Å². The molecule has 2 unspecified atom stereocenters. The topological polar surface area (TPSA) is 27.3 Å². The maximum absolute atomic E-state index is 5.53. The number of benzene rings is 2. The van der Waals surface area contributed by atoms with Gasteiger partial charge in [-0.1, -0.05) is 60.7 Å². The zero-order chi connectivity index (χ0) is 17.8. The highest BCUT2D eigenvalue weighted by Crippen LogP contribution is 2.36. The van der Waals surface area contributed by atoms with Crippen molar-refractivity contribution in [3.8, 4) is 0 Å². The summed E-state index contributed by atoms with van der Waals surface area (Å²) >= 11 is 5.53. The normalized spacial score (nSPS) is 25.0. The van der Waals surface area contributed by atoms with Crippen LogP contribution in [0.1, 0.15) is 36.8 Å². The third-order valence-electron chi connectivity index (χ3n) is 5.72. The summed E-state index contributed by atoms with van der Waals surface area (Å²) in [5.74, 6) is 0. The van der Waals surface area contributed by atoms with Crippen LogP contribution in [-0.4, -0.2) is 28.1 Å². The van der Waals surface area contributed by atoms with Crippen LogP contribution in [0.15, 0.2) is 60.7 Å². The second-order valence-corrected chi connectivity index (χ2v) is 7.93. The van der Waals surface area contributed by atoms with Crippen molar-refractivity contribution < 1.29 is 0 Å². The van der Waals surface area contributed by atoms with Crippen molar-refractivity contribution in [1.82, 2.24) is 15.5 Å². The Balaban J connectivity index is 1.28. The molecule has 2 fully saturated rings. The van der Waals surface area contributed by atoms with Gasteiger partial charge in [-0.3, -0.25) is 4.90 Å². The van der Waals surface area contributed by atoms with Crippen LogP contribution in [-0.2, 0) is 13.1 Å². The van der Waals surface area contributed by atoms with Crippen molar-refractivity contribution in [3.05, 3.63) is 71.8 Å². The lowest BCUT2D eigenvalue weighted by molar-refractivity contribution is 0.115. The van der Waals surface area contributed by atoms with E-state index in [-0.39, 0.29) is 0 Å². The van der Waals surface area contributed by atoms with Gasteiger partial charge in [-0.2, -0.15) is 0 Å². The molecule has 4 rings (SSSR count). The summed E-state index contributed by atoms with van der Waals surface area (Å²) in [6.07, 6.45) is 5.02. The highest BCUT2D eigenvalue weighted by molar-refractivity contribution is 7.80.